The summed E-state index contributed by atoms with van der Waals surface area (Å²) in [5.74, 6) is 0.480. The molecule has 0 spiro atoms. The number of hydrogen-bond donors (Lipinski definition) is 2. The number of benzene rings is 2. The summed E-state index contributed by atoms with van der Waals surface area (Å²) in [4.78, 5) is 12.1. The van der Waals surface area contributed by atoms with Gasteiger partial charge in [-0.25, -0.2) is 13.6 Å². The number of hydrogen-bond acceptors (Lipinski definition) is 4. The molecule has 3 aromatic rings. The van der Waals surface area contributed by atoms with Crippen LogP contribution < -0.4 is 10.5 Å². The maximum absolute atomic E-state index is 12.2. The van der Waals surface area contributed by atoms with Crippen LogP contribution in [0.5, 0.6) is 0 Å². The van der Waals surface area contributed by atoms with Crippen LogP contribution in [0, 0.1) is 0 Å². The average Bonchev–Trinajstić information content (AvgIpc) is 2.97. The monoisotopic (exact) mass is 370 g/mol. The third-order valence-corrected chi connectivity index (χ3v) is 4.81. The van der Waals surface area contributed by atoms with Crippen LogP contribution in [-0.4, -0.2) is 14.3 Å². The number of sulfonamides is 1. The van der Waals surface area contributed by atoms with Gasteiger partial charge in [0.1, 0.15) is 11.3 Å². The fourth-order valence-corrected chi connectivity index (χ4v) is 3.15. The molecule has 26 heavy (non-hydrogen) atoms. The van der Waals surface area contributed by atoms with Crippen molar-refractivity contribution in [3.8, 4) is 0 Å². The molecule has 0 bridgehead atoms. The highest BCUT2D eigenvalue weighted by atomic mass is 32.2. The van der Waals surface area contributed by atoms with Crippen LogP contribution in [0.3, 0.4) is 0 Å². The van der Waals surface area contributed by atoms with Crippen molar-refractivity contribution < 1.29 is 17.6 Å². The molecule has 0 fully saturated rings. The van der Waals surface area contributed by atoms with E-state index >= 15 is 0 Å². The molecule has 0 saturated carbocycles. The second-order valence-corrected chi connectivity index (χ2v) is 7.24. The fourth-order valence-electron chi connectivity index (χ4n) is 2.63. The first-order chi connectivity index (χ1) is 12.4. The van der Waals surface area contributed by atoms with E-state index in [2.05, 4.69) is 5.32 Å². The van der Waals surface area contributed by atoms with Gasteiger partial charge in [-0.05, 0) is 36.4 Å². The number of aryl methyl sites for hydroxylation is 1. The number of fused-ring (bicyclic) bond motifs is 1. The molecule has 3 rings (SSSR count). The van der Waals surface area contributed by atoms with E-state index in [1.54, 1.807) is 6.08 Å². The molecule has 6 nitrogen and oxygen atoms in total. The van der Waals surface area contributed by atoms with Crippen molar-refractivity contribution >= 4 is 38.7 Å². The number of nitrogens with two attached hydrogens (primary N) is 1. The van der Waals surface area contributed by atoms with Crippen molar-refractivity contribution in [1.29, 1.82) is 0 Å². The zero-order valence-electron chi connectivity index (χ0n) is 14.1. The number of primary sulfonamides is 1. The van der Waals surface area contributed by atoms with Gasteiger partial charge in [0.05, 0.1) is 4.90 Å². The number of carbonyl (C=O) groups is 1. The van der Waals surface area contributed by atoms with Gasteiger partial charge in [0.25, 0.3) is 0 Å². The Labute approximate surface area is 151 Å². The van der Waals surface area contributed by atoms with E-state index in [-0.39, 0.29) is 10.8 Å². The summed E-state index contributed by atoms with van der Waals surface area (Å²) in [6.07, 6.45) is 3.85. The van der Waals surface area contributed by atoms with Gasteiger partial charge in [0, 0.05) is 29.1 Å². The Balaban J connectivity index is 1.78. The molecule has 0 saturated heterocycles. The lowest BCUT2D eigenvalue weighted by molar-refractivity contribution is -0.111. The zero-order chi connectivity index (χ0) is 18.7. The summed E-state index contributed by atoms with van der Waals surface area (Å²) in [6, 6.07) is 13.3. The normalized spacial score (nSPS) is 11.9. The molecule has 1 aromatic heterocycles. The first kappa shape index (κ1) is 17.9. The molecule has 0 aliphatic carbocycles. The molecule has 7 heteroatoms. The van der Waals surface area contributed by atoms with Crippen molar-refractivity contribution in [3.05, 3.63) is 65.9 Å². The molecular weight excluding hydrogens is 352 g/mol. The second-order valence-electron chi connectivity index (χ2n) is 5.68. The average molecular weight is 370 g/mol. The molecule has 0 atom stereocenters. The molecule has 0 radical (unpaired) electrons. The third kappa shape index (κ3) is 3.84. The molecular formula is C19H18N2O4S. The van der Waals surface area contributed by atoms with Crippen LogP contribution in [-0.2, 0) is 21.2 Å². The first-order valence-corrected chi connectivity index (χ1v) is 9.55. The predicted molar refractivity (Wildman–Crippen MR) is 101 cm³/mol. The molecule has 1 heterocycles. The Morgan fingerprint density at radius 1 is 1.15 bits per heavy atom. The van der Waals surface area contributed by atoms with Crippen LogP contribution in [0.2, 0.25) is 0 Å². The summed E-state index contributed by atoms with van der Waals surface area (Å²) in [7, 11) is -3.75. The molecule has 134 valence electrons. The second kappa shape index (κ2) is 7.15. The van der Waals surface area contributed by atoms with Gasteiger partial charge in [-0.1, -0.05) is 25.1 Å². The number of para-hydroxylation sites is 1. The summed E-state index contributed by atoms with van der Waals surface area (Å²) in [5.41, 5.74) is 2.13. The van der Waals surface area contributed by atoms with Crippen LogP contribution >= 0.6 is 0 Å². The summed E-state index contributed by atoms with van der Waals surface area (Å²) >= 11 is 0. The van der Waals surface area contributed by atoms with E-state index in [0.717, 1.165) is 22.3 Å². The van der Waals surface area contributed by atoms with E-state index in [0.29, 0.717) is 12.1 Å². The summed E-state index contributed by atoms with van der Waals surface area (Å²) < 4.78 is 28.3. The maximum atomic E-state index is 12.2. The van der Waals surface area contributed by atoms with Crippen molar-refractivity contribution in [1.82, 2.24) is 0 Å². The van der Waals surface area contributed by atoms with Crippen molar-refractivity contribution in [3.63, 3.8) is 0 Å². The van der Waals surface area contributed by atoms with Gasteiger partial charge in [-0.2, -0.15) is 0 Å². The van der Waals surface area contributed by atoms with Crippen molar-refractivity contribution in [2.75, 3.05) is 5.32 Å². The number of furan rings is 1. The van der Waals surface area contributed by atoms with Crippen LogP contribution in [0.25, 0.3) is 17.0 Å². The number of rotatable bonds is 5. The lowest BCUT2D eigenvalue weighted by Crippen LogP contribution is -2.12. The Bertz CT molecular complexity index is 1080. The fraction of sp³-hybridized carbons (Fsp3) is 0.105. The maximum Gasteiger partial charge on any atom is 0.248 e. The molecule has 3 N–H and O–H groups in total. The lowest BCUT2D eigenvalue weighted by Gasteiger charge is -2.03. The molecule has 1 amide bonds. The van der Waals surface area contributed by atoms with Gasteiger partial charge < -0.3 is 9.73 Å². The van der Waals surface area contributed by atoms with Crippen LogP contribution in [0.4, 0.5) is 5.69 Å². The van der Waals surface area contributed by atoms with Gasteiger partial charge >= 0.3 is 0 Å². The summed E-state index contributed by atoms with van der Waals surface area (Å²) in [6.45, 7) is 1.99. The standard InChI is InChI=1S/C19H18N2O4S/c1-2-17-16(15-5-3-4-6-18(15)25-17)11-12-19(22)21-13-7-9-14(10-8-13)26(20,23)24/h3-12H,2H2,1H3,(H,21,22)(H2,20,23,24)/b12-11+. The minimum Gasteiger partial charge on any atom is -0.460 e. The number of amides is 1. The Hall–Kier alpha value is -2.90. The van der Waals surface area contributed by atoms with Gasteiger partial charge in [0.2, 0.25) is 15.9 Å². The van der Waals surface area contributed by atoms with Crippen molar-refractivity contribution in [2.24, 2.45) is 5.14 Å². The number of carbonyl (C=O) groups excluding carboxylic acids is 1. The van der Waals surface area contributed by atoms with E-state index in [1.807, 2.05) is 31.2 Å². The zero-order valence-corrected chi connectivity index (χ0v) is 14.9. The minimum absolute atomic E-state index is 0.0107. The highest BCUT2D eigenvalue weighted by Crippen LogP contribution is 2.27. The van der Waals surface area contributed by atoms with Crippen LogP contribution in [0.15, 0.2) is 63.9 Å². The molecule has 0 aliphatic heterocycles. The predicted octanol–water partition coefficient (Wildman–Crippen LogP) is 3.29. The smallest absolute Gasteiger partial charge is 0.248 e. The molecule has 2 aromatic carbocycles. The lowest BCUT2D eigenvalue weighted by atomic mass is 10.1. The van der Waals surface area contributed by atoms with Gasteiger partial charge in [0.15, 0.2) is 0 Å². The Morgan fingerprint density at radius 3 is 2.50 bits per heavy atom. The SMILES string of the molecule is CCc1oc2ccccc2c1/C=C/C(=O)Nc1ccc(S(N)(=O)=O)cc1. The molecule has 0 unspecified atom stereocenters. The Morgan fingerprint density at radius 2 is 1.85 bits per heavy atom. The first-order valence-electron chi connectivity index (χ1n) is 8.01. The van der Waals surface area contributed by atoms with E-state index in [4.69, 9.17) is 9.56 Å². The molecule has 0 aliphatic rings. The third-order valence-electron chi connectivity index (χ3n) is 3.88. The van der Waals surface area contributed by atoms with Gasteiger partial charge in [-0.15, -0.1) is 0 Å². The van der Waals surface area contributed by atoms with E-state index < -0.39 is 10.0 Å². The van der Waals surface area contributed by atoms with Gasteiger partial charge in [-0.3, -0.25) is 4.79 Å². The highest BCUT2D eigenvalue weighted by molar-refractivity contribution is 7.89. The Kier molecular flexibility index (Phi) is 4.92. The topological polar surface area (TPSA) is 102 Å². The summed E-state index contributed by atoms with van der Waals surface area (Å²) in [5, 5.41) is 8.67. The number of nitrogens with one attached hydrogen (secondary N) is 1. The quantitative estimate of drug-likeness (QED) is 0.673. The van der Waals surface area contributed by atoms with Crippen molar-refractivity contribution in [2.45, 2.75) is 18.2 Å². The van der Waals surface area contributed by atoms with Crippen LogP contribution in [0.1, 0.15) is 18.2 Å². The highest BCUT2D eigenvalue weighted by Gasteiger charge is 2.10. The van der Waals surface area contributed by atoms with E-state index in [9.17, 15) is 13.2 Å². The number of anilines is 1. The largest absolute Gasteiger partial charge is 0.460 e. The van der Waals surface area contributed by atoms with E-state index in [1.165, 1.54) is 30.3 Å². The minimum atomic E-state index is -3.75.